The van der Waals surface area contributed by atoms with Gasteiger partial charge in [0, 0.05) is 21.8 Å². The van der Waals surface area contributed by atoms with Crippen LogP contribution in [0.1, 0.15) is 17.4 Å². The molecule has 1 nitrogen and oxygen atoms in total. The van der Waals surface area contributed by atoms with E-state index in [0.717, 1.165) is 17.3 Å². The Morgan fingerprint density at radius 2 is 1.94 bits per heavy atom. The first-order chi connectivity index (χ1) is 8.27. The van der Waals surface area contributed by atoms with Crippen LogP contribution in [0.2, 0.25) is 0 Å². The van der Waals surface area contributed by atoms with Crippen LogP contribution in [0, 0.1) is 0 Å². The molecule has 0 saturated carbocycles. The highest BCUT2D eigenvalue weighted by molar-refractivity contribution is 7.10. The Kier molecular flexibility index (Phi) is 2.69. The Balaban J connectivity index is 2.08. The van der Waals surface area contributed by atoms with Crippen LogP contribution in [0.4, 0.5) is 5.69 Å². The van der Waals surface area contributed by atoms with Crippen molar-refractivity contribution >= 4 is 33.7 Å². The molecule has 86 valence electrons. The van der Waals surface area contributed by atoms with Gasteiger partial charge in [-0.1, -0.05) is 29.8 Å². The first kappa shape index (κ1) is 10.9. The van der Waals surface area contributed by atoms with E-state index in [2.05, 4.69) is 47.5 Å². The second kappa shape index (κ2) is 4.21. The summed E-state index contributed by atoms with van der Waals surface area (Å²) in [5.41, 5.74) is 3.52. The lowest BCUT2D eigenvalue weighted by atomic mass is 10.1. The average Bonchev–Trinajstić information content (AvgIpc) is 2.83. The maximum Gasteiger partial charge on any atom is 0.0682 e. The fourth-order valence-electron chi connectivity index (χ4n) is 2.13. The second-order valence-corrected chi connectivity index (χ2v) is 5.46. The van der Waals surface area contributed by atoms with Crippen molar-refractivity contribution in [3.8, 4) is 0 Å². The number of nitrogens with zero attached hydrogens (tertiary/aromatic N) is 1. The van der Waals surface area contributed by atoms with Crippen molar-refractivity contribution in [1.29, 1.82) is 0 Å². The van der Waals surface area contributed by atoms with Crippen LogP contribution in [0.15, 0.2) is 47.5 Å². The molecule has 0 amide bonds. The molecule has 0 unspecified atom stereocenters. The molecule has 0 fully saturated rings. The number of hydrogen-bond acceptors (Lipinski definition) is 2. The fourth-order valence-corrected chi connectivity index (χ4v) is 3.33. The zero-order valence-corrected chi connectivity index (χ0v) is 11.1. The minimum Gasteiger partial charge on any atom is -0.339 e. The van der Waals surface area contributed by atoms with Crippen LogP contribution < -0.4 is 4.90 Å². The standard InChI is InChI=1S/C14H12ClNS/c1-10-14(15)12-7-8-17-13(12)9-16(10)11-5-3-2-4-6-11/h2-8H,9H2,1H3. The molecule has 3 heteroatoms. The average molecular weight is 262 g/mol. The largest absolute Gasteiger partial charge is 0.339 e. The molecule has 2 heterocycles. The van der Waals surface area contributed by atoms with Crippen LogP contribution in [-0.4, -0.2) is 0 Å². The van der Waals surface area contributed by atoms with E-state index < -0.39 is 0 Å². The third-order valence-electron chi connectivity index (χ3n) is 3.07. The van der Waals surface area contributed by atoms with Gasteiger partial charge in [-0.2, -0.15) is 0 Å². The molecule has 1 aliphatic heterocycles. The summed E-state index contributed by atoms with van der Waals surface area (Å²) in [6.45, 7) is 3.00. The van der Waals surface area contributed by atoms with Crippen LogP contribution in [0.3, 0.4) is 0 Å². The van der Waals surface area contributed by atoms with Gasteiger partial charge >= 0.3 is 0 Å². The Hall–Kier alpha value is -1.25. The molecule has 1 aromatic carbocycles. The van der Waals surface area contributed by atoms with Crippen LogP contribution >= 0.6 is 22.9 Å². The van der Waals surface area contributed by atoms with E-state index in [9.17, 15) is 0 Å². The third kappa shape index (κ3) is 1.78. The third-order valence-corrected chi connectivity index (χ3v) is 4.46. The van der Waals surface area contributed by atoms with Crippen molar-refractivity contribution in [2.75, 3.05) is 4.90 Å². The summed E-state index contributed by atoms with van der Waals surface area (Å²) in [7, 11) is 0. The van der Waals surface area contributed by atoms with Crippen molar-refractivity contribution in [3.05, 3.63) is 57.9 Å². The molecule has 1 aromatic heterocycles. The number of allylic oxidation sites excluding steroid dienone is 1. The summed E-state index contributed by atoms with van der Waals surface area (Å²) in [5.74, 6) is 0. The number of anilines is 1. The van der Waals surface area contributed by atoms with E-state index in [-0.39, 0.29) is 0 Å². The van der Waals surface area contributed by atoms with Gasteiger partial charge in [0.05, 0.1) is 11.6 Å². The predicted molar refractivity (Wildman–Crippen MR) is 75.4 cm³/mol. The molecule has 2 aromatic rings. The molecule has 0 N–H and O–H groups in total. The molecule has 17 heavy (non-hydrogen) atoms. The Morgan fingerprint density at radius 3 is 2.71 bits per heavy atom. The maximum atomic E-state index is 6.43. The van der Waals surface area contributed by atoms with E-state index in [1.807, 2.05) is 6.07 Å². The molecule has 0 bridgehead atoms. The van der Waals surface area contributed by atoms with Gasteiger partial charge in [-0.05, 0) is 30.5 Å². The number of rotatable bonds is 1. The van der Waals surface area contributed by atoms with Gasteiger partial charge < -0.3 is 4.90 Å². The minimum atomic E-state index is 0.872. The number of thiophene rings is 1. The quantitative estimate of drug-likeness (QED) is 0.720. The molecule has 1 aliphatic rings. The van der Waals surface area contributed by atoms with Crippen molar-refractivity contribution < 1.29 is 0 Å². The SMILES string of the molecule is CC1=C(Cl)c2ccsc2CN1c1ccccc1. The van der Waals surface area contributed by atoms with E-state index in [0.29, 0.717) is 0 Å². The Labute approximate surface area is 110 Å². The highest BCUT2D eigenvalue weighted by Gasteiger charge is 2.22. The van der Waals surface area contributed by atoms with E-state index in [4.69, 9.17) is 11.6 Å². The summed E-state index contributed by atoms with van der Waals surface area (Å²) in [6, 6.07) is 12.5. The van der Waals surface area contributed by atoms with E-state index in [1.54, 1.807) is 11.3 Å². The Bertz CT molecular complexity index is 571. The summed E-state index contributed by atoms with van der Waals surface area (Å²) < 4.78 is 0. The van der Waals surface area contributed by atoms with E-state index >= 15 is 0 Å². The first-order valence-electron chi connectivity index (χ1n) is 5.53. The van der Waals surface area contributed by atoms with Gasteiger partial charge in [0.2, 0.25) is 0 Å². The normalized spacial score (nSPS) is 15.1. The number of fused-ring (bicyclic) bond motifs is 1. The van der Waals surface area contributed by atoms with Crippen molar-refractivity contribution in [2.24, 2.45) is 0 Å². The maximum absolute atomic E-state index is 6.43. The molecule has 0 atom stereocenters. The minimum absolute atomic E-state index is 0.872. The fraction of sp³-hybridized carbons (Fsp3) is 0.143. The van der Waals surface area contributed by atoms with Gasteiger partial charge in [0.1, 0.15) is 0 Å². The Morgan fingerprint density at radius 1 is 1.18 bits per heavy atom. The molecule has 0 spiro atoms. The highest BCUT2D eigenvalue weighted by atomic mass is 35.5. The molecule has 0 aliphatic carbocycles. The van der Waals surface area contributed by atoms with Crippen molar-refractivity contribution in [2.45, 2.75) is 13.5 Å². The topological polar surface area (TPSA) is 3.24 Å². The summed E-state index contributed by atoms with van der Waals surface area (Å²) in [6.07, 6.45) is 0. The number of halogens is 1. The summed E-state index contributed by atoms with van der Waals surface area (Å²) in [5, 5.41) is 2.98. The highest BCUT2D eigenvalue weighted by Crippen LogP contribution is 2.38. The van der Waals surface area contributed by atoms with Gasteiger partial charge in [0.15, 0.2) is 0 Å². The number of para-hydroxylation sites is 1. The van der Waals surface area contributed by atoms with Gasteiger partial charge in [-0.25, -0.2) is 0 Å². The smallest absolute Gasteiger partial charge is 0.0682 e. The lowest BCUT2D eigenvalue weighted by Crippen LogP contribution is -2.24. The van der Waals surface area contributed by atoms with Crippen molar-refractivity contribution in [1.82, 2.24) is 0 Å². The summed E-state index contributed by atoms with van der Waals surface area (Å²) in [4.78, 5) is 3.60. The zero-order valence-electron chi connectivity index (χ0n) is 9.48. The first-order valence-corrected chi connectivity index (χ1v) is 6.79. The molecular weight excluding hydrogens is 250 g/mol. The predicted octanol–water partition coefficient (Wildman–Crippen LogP) is 4.70. The summed E-state index contributed by atoms with van der Waals surface area (Å²) >= 11 is 8.20. The van der Waals surface area contributed by atoms with Crippen molar-refractivity contribution in [3.63, 3.8) is 0 Å². The molecule has 3 rings (SSSR count). The molecule has 0 radical (unpaired) electrons. The van der Waals surface area contributed by atoms with Gasteiger partial charge in [-0.3, -0.25) is 0 Å². The number of hydrogen-bond donors (Lipinski definition) is 0. The van der Waals surface area contributed by atoms with Crippen LogP contribution in [-0.2, 0) is 6.54 Å². The lowest BCUT2D eigenvalue weighted by molar-refractivity contribution is 0.915. The monoisotopic (exact) mass is 261 g/mol. The number of benzene rings is 1. The molecule has 0 saturated heterocycles. The van der Waals surface area contributed by atoms with Gasteiger partial charge in [-0.15, -0.1) is 11.3 Å². The second-order valence-electron chi connectivity index (χ2n) is 4.08. The van der Waals surface area contributed by atoms with E-state index in [1.165, 1.54) is 16.1 Å². The lowest BCUT2D eigenvalue weighted by Gasteiger charge is -2.30. The van der Waals surface area contributed by atoms with Gasteiger partial charge in [0.25, 0.3) is 0 Å². The zero-order chi connectivity index (χ0) is 11.8. The van der Waals surface area contributed by atoms with Crippen LogP contribution in [0.5, 0.6) is 0 Å². The molecular formula is C14H12ClNS. The van der Waals surface area contributed by atoms with Crippen LogP contribution in [0.25, 0.3) is 5.03 Å².